The van der Waals surface area contributed by atoms with Crippen LogP contribution in [0.5, 0.6) is 11.5 Å². The second-order valence-corrected chi connectivity index (χ2v) is 8.70. The van der Waals surface area contributed by atoms with Gasteiger partial charge in [0.1, 0.15) is 0 Å². The topological polar surface area (TPSA) is 127 Å². The summed E-state index contributed by atoms with van der Waals surface area (Å²) in [6, 6.07) is 17.1. The number of ether oxygens (including phenoxy) is 2. The number of carbonyl (C=O) groups excluding carboxylic acids is 1. The molecule has 0 unspecified atom stereocenters. The molecule has 1 amide bonds. The lowest BCUT2D eigenvalue weighted by Crippen LogP contribution is -2.13. The van der Waals surface area contributed by atoms with Crippen molar-refractivity contribution in [3.05, 3.63) is 95.9 Å². The van der Waals surface area contributed by atoms with Crippen molar-refractivity contribution in [2.24, 2.45) is 0 Å². The van der Waals surface area contributed by atoms with E-state index < -0.39 is 5.97 Å². The molecule has 0 atom stereocenters. The number of halogens is 1. The maximum atomic E-state index is 13.1. The van der Waals surface area contributed by atoms with Crippen molar-refractivity contribution in [1.82, 2.24) is 14.4 Å². The first-order chi connectivity index (χ1) is 18.9. The molecule has 0 saturated heterocycles. The number of imidazole rings is 1. The predicted octanol–water partition coefficient (Wildman–Crippen LogP) is 5.84. The van der Waals surface area contributed by atoms with E-state index in [9.17, 15) is 14.7 Å². The van der Waals surface area contributed by atoms with Crippen molar-refractivity contribution >= 4 is 47.1 Å². The van der Waals surface area contributed by atoms with E-state index in [1.807, 2.05) is 35.0 Å². The van der Waals surface area contributed by atoms with E-state index in [1.165, 1.54) is 12.1 Å². The van der Waals surface area contributed by atoms with Gasteiger partial charge in [-0.05, 0) is 55.0 Å². The average molecular weight is 560 g/mol. The standard InChI is InChI=1S/C29H25N5O5.ClH/c1-17-13-20(29(36)37)7-9-22(17)33-28(35)19-6-4-5-18(14-19)23-16-34-12-11-30-27(34)26(32-23)31-21-8-10-24(38-2)25(15-21)39-3;/h4-16H,1-3H3,(H,31,32)(H,33,35)(H,36,37);1H. The molecule has 5 aromatic rings. The number of aromatic carboxylic acids is 1. The number of rotatable bonds is 8. The molecule has 0 aliphatic carbocycles. The molecule has 2 aromatic heterocycles. The van der Waals surface area contributed by atoms with Crippen LogP contribution < -0.4 is 20.1 Å². The number of carbonyl (C=O) groups is 2. The van der Waals surface area contributed by atoms with E-state index in [-0.39, 0.29) is 23.9 Å². The van der Waals surface area contributed by atoms with Crippen LogP contribution in [0.3, 0.4) is 0 Å². The van der Waals surface area contributed by atoms with Crippen LogP contribution in [-0.4, -0.2) is 45.6 Å². The van der Waals surface area contributed by atoms with Crippen LogP contribution in [0.2, 0.25) is 0 Å². The Morgan fingerprint density at radius 2 is 1.75 bits per heavy atom. The Balaban J connectivity index is 0.00000370. The molecule has 40 heavy (non-hydrogen) atoms. The first kappa shape index (κ1) is 27.9. The molecule has 2 heterocycles. The van der Waals surface area contributed by atoms with E-state index >= 15 is 0 Å². The predicted molar refractivity (Wildman–Crippen MR) is 155 cm³/mol. The molecule has 5 rings (SSSR count). The number of anilines is 3. The Labute approximate surface area is 236 Å². The lowest BCUT2D eigenvalue weighted by Gasteiger charge is -2.13. The molecular weight excluding hydrogens is 534 g/mol. The number of aryl methyl sites for hydroxylation is 1. The molecule has 204 valence electrons. The molecule has 0 spiro atoms. The van der Waals surface area contributed by atoms with Gasteiger partial charge in [-0.15, -0.1) is 12.4 Å². The van der Waals surface area contributed by atoms with Crippen LogP contribution in [0, 0.1) is 6.92 Å². The number of benzene rings is 3. The molecule has 0 fully saturated rings. The molecule has 0 aliphatic heterocycles. The summed E-state index contributed by atoms with van der Waals surface area (Å²) in [6.07, 6.45) is 5.34. The van der Waals surface area contributed by atoms with Gasteiger partial charge in [-0.3, -0.25) is 4.79 Å². The van der Waals surface area contributed by atoms with Crippen LogP contribution in [-0.2, 0) is 0 Å². The minimum atomic E-state index is -1.02. The first-order valence-corrected chi connectivity index (χ1v) is 11.9. The van der Waals surface area contributed by atoms with Gasteiger partial charge in [0, 0.05) is 47.2 Å². The summed E-state index contributed by atoms with van der Waals surface area (Å²) in [4.78, 5) is 33.5. The number of methoxy groups -OCH3 is 2. The number of fused-ring (bicyclic) bond motifs is 1. The van der Waals surface area contributed by atoms with Crippen LogP contribution in [0.25, 0.3) is 16.9 Å². The summed E-state index contributed by atoms with van der Waals surface area (Å²) in [7, 11) is 3.15. The van der Waals surface area contributed by atoms with Crippen molar-refractivity contribution in [3.63, 3.8) is 0 Å². The Morgan fingerprint density at radius 3 is 2.48 bits per heavy atom. The highest BCUT2D eigenvalue weighted by Gasteiger charge is 2.14. The maximum absolute atomic E-state index is 13.1. The fourth-order valence-corrected chi connectivity index (χ4v) is 4.16. The van der Waals surface area contributed by atoms with Crippen molar-refractivity contribution in [2.45, 2.75) is 6.92 Å². The number of carboxylic acids is 1. The first-order valence-electron chi connectivity index (χ1n) is 11.9. The quantitative estimate of drug-likeness (QED) is 0.216. The van der Waals surface area contributed by atoms with Crippen LogP contribution in [0.15, 0.2) is 79.3 Å². The molecule has 3 aromatic carbocycles. The van der Waals surface area contributed by atoms with Crippen LogP contribution >= 0.6 is 12.4 Å². The van der Waals surface area contributed by atoms with Crippen LogP contribution in [0.4, 0.5) is 17.2 Å². The highest BCUT2D eigenvalue weighted by molar-refractivity contribution is 6.05. The summed E-state index contributed by atoms with van der Waals surface area (Å²) >= 11 is 0. The monoisotopic (exact) mass is 559 g/mol. The Kier molecular flexibility index (Phi) is 8.20. The fraction of sp³-hybridized carbons (Fsp3) is 0.103. The van der Waals surface area contributed by atoms with Crippen LogP contribution in [0.1, 0.15) is 26.3 Å². The molecule has 3 N–H and O–H groups in total. The number of carboxylic acid groups (broad SMARTS) is 1. The molecule has 0 aliphatic rings. The van der Waals surface area contributed by atoms with Gasteiger partial charge in [0.2, 0.25) is 0 Å². The van der Waals surface area contributed by atoms with E-state index in [0.717, 1.165) is 11.3 Å². The zero-order valence-corrected chi connectivity index (χ0v) is 22.7. The maximum Gasteiger partial charge on any atom is 0.335 e. The summed E-state index contributed by atoms with van der Waals surface area (Å²) in [5.41, 5.74) is 4.49. The van der Waals surface area contributed by atoms with Gasteiger partial charge in [0.05, 0.1) is 25.5 Å². The molecule has 0 saturated carbocycles. The minimum Gasteiger partial charge on any atom is -0.493 e. The van der Waals surface area contributed by atoms with Gasteiger partial charge in [-0.25, -0.2) is 14.8 Å². The summed E-state index contributed by atoms with van der Waals surface area (Å²) in [6.45, 7) is 1.75. The summed E-state index contributed by atoms with van der Waals surface area (Å²) in [5, 5.41) is 15.3. The number of nitrogens with zero attached hydrogens (tertiary/aromatic N) is 3. The zero-order chi connectivity index (χ0) is 27.5. The smallest absolute Gasteiger partial charge is 0.335 e. The summed E-state index contributed by atoms with van der Waals surface area (Å²) in [5.74, 6) is 0.360. The Morgan fingerprint density at radius 1 is 0.950 bits per heavy atom. The zero-order valence-electron chi connectivity index (χ0n) is 21.8. The van der Waals surface area contributed by atoms with E-state index in [0.29, 0.717) is 45.5 Å². The van der Waals surface area contributed by atoms with E-state index in [1.54, 1.807) is 57.7 Å². The SMILES string of the molecule is COc1ccc(Nc2nc(-c3cccc(C(=O)Nc4ccc(C(=O)O)cc4C)c3)cn3ccnc23)cc1OC.Cl. The molecule has 0 bridgehead atoms. The largest absolute Gasteiger partial charge is 0.493 e. The second kappa shape index (κ2) is 11.7. The lowest BCUT2D eigenvalue weighted by atomic mass is 10.1. The lowest BCUT2D eigenvalue weighted by molar-refractivity contribution is 0.0696. The van der Waals surface area contributed by atoms with Gasteiger partial charge in [-0.2, -0.15) is 0 Å². The number of amides is 1. The third-order valence-corrected chi connectivity index (χ3v) is 6.16. The molecular formula is C29H26ClN5O5. The third-order valence-electron chi connectivity index (χ3n) is 6.16. The highest BCUT2D eigenvalue weighted by Crippen LogP contribution is 2.32. The van der Waals surface area contributed by atoms with Crippen molar-refractivity contribution < 1.29 is 24.2 Å². The minimum absolute atomic E-state index is 0. The third kappa shape index (κ3) is 5.67. The molecule has 11 heteroatoms. The average Bonchev–Trinajstić information content (AvgIpc) is 3.43. The van der Waals surface area contributed by atoms with Gasteiger partial charge >= 0.3 is 5.97 Å². The molecule has 10 nitrogen and oxygen atoms in total. The van der Waals surface area contributed by atoms with Gasteiger partial charge in [-0.1, -0.05) is 12.1 Å². The number of hydrogen-bond acceptors (Lipinski definition) is 7. The van der Waals surface area contributed by atoms with Crippen molar-refractivity contribution in [1.29, 1.82) is 0 Å². The number of aromatic nitrogens is 3. The van der Waals surface area contributed by atoms with Gasteiger partial charge < -0.3 is 29.6 Å². The summed E-state index contributed by atoms with van der Waals surface area (Å²) < 4.78 is 12.6. The van der Waals surface area contributed by atoms with Crippen molar-refractivity contribution in [2.75, 3.05) is 24.9 Å². The van der Waals surface area contributed by atoms with E-state index in [2.05, 4.69) is 15.6 Å². The normalized spacial score (nSPS) is 10.5. The fourth-order valence-electron chi connectivity index (χ4n) is 4.16. The van der Waals surface area contributed by atoms with Gasteiger partial charge in [0.25, 0.3) is 5.91 Å². The number of nitrogens with one attached hydrogen (secondary N) is 2. The number of hydrogen-bond donors (Lipinski definition) is 3. The Bertz CT molecular complexity index is 1720. The van der Waals surface area contributed by atoms with Gasteiger partial charge in [0.15, 0.2) is 23.0 Å². The van der Waals surface area contributed by atoms with E-state index in [4.69, 9.17) is 14.5 Å². The Hall–Kier alpha value is -5.09. The second-order valence-electron chi connectivity index (χ2n) is 8.70. The van der Waals surface area contributed by atoms with Crippen molar-refractivity contribution in [3.8, 4) is 22.8 Å². The highest BCUT2D eigenvalue weighted by atomic mass is 35.5. The molecule has 0 radical (unpaired) electrons.